The number of hydrogen-bond donors (Lipinski definition) is 0. The highest BCUT2D eigenvalue weighted by Gasteiger charge is 2.10. The van der Waals surface area contributed by atoms with Gasteiger partial charge in [0, 0.05) is 13.2 Å². The zero-order valence-electron chi connectivity index (χ0n) is 11.0. The molecule has 0 saturated carbocycles. The molecular weight excluding hydrogens is 238 g/mol. The largest absolute Gasteiger partial charge is 0.371 e. The second-order valence-electron chi connectivity index (χ2n) is 3.60. The first-order valence-corrected chi connectivity index (χ1v) is 6.72. The molecule has 0 aliphatic heterocycles. The van der Waals surface area contributed by atoms with Gasteiger partial charge in [0.15, 0.2) is 6.29 Å². The zero-order valence-corrected chi connectivity index (χ0v) is 11.8. The summed E-state index contributed by atoms with van der Waals surface area (Å²) in [6.45, 7) is 10.2. The monoisotopic (exact) mass is 259 g/mol. The SMILES string of the molecule is CCOC(COCc1sc(C)nc1C)OCC. The Morgan fingerprint density at radius 2 is 1.82 bits per heavy atom. The van der Waals surface area contributed by atoms with Gasteiger partial charge in [-0.1, -0.05) is 0 Å². The standard InChI is InChI=1S/C12H21NO3S/c1-5-15-12(16-6-2)8-14-7-11-9(3)13-10(4)17-11/h12H,5-8H2,1-4H3. The van der Waals surface area contributed by atoms with Crippen LogP contribution in [0.4, 0.5) is 0 Å². The van der Waals surface area contributed by atoms with Crippen molar-refractivity contribution in [3.63, 3.8) is 0 Å². The quantitative estimate of drug-likeness (QED) is 0.673. The number of rotatable bonds is 8. The van der Waals surface area contributed by atoms with Gasteiger partial charge < -0.3 is 14.2 Å². The van der Waals surface area contributed by atoms with E-state index in [1.165, 1.54) is 4.88 Å². The third kappa shape index (κ3) is 5.12. The van der Waals surface area contributed by atoms with E-state index >= 15 is 0 Å². The van der Waals surface area contributed by atoms with Crippen molar-refractivity contribution in [2.45, 2.75) is 40.6 Å². The van der Waals surface area contributed by atoms with E-state index in [9.17, 15) is 0 Å². The van der Waals surface area contributed by atoms with Crippen LogP contribution in [0, 0.1) is 13.8 Å². The molecule has 5 heteroatoms. The van der Waals surface area contributed by atoms with Crippen LogP contribution in [0.2, 0.25) is 0 Å². The van der Waals surface area contributed by atoms with Crippen LogP contribution < -0.4 is 0 Å². The van der Waals surface area contributed by atoms with Crippen molar-refractivity contribution >= 4 is 11.3 Å². The first kappa shape index (κ1) is 14.6. The Bertz CT molecular complexity index is 322. The van der Waals surface area contributed by atoms with Gasteiger partial charge in [0.1, 0.15) is 0 Å². The summed E-state index contributed by atoms with van der Waals surface area (Å²) in [7, 11) is 0. The molecule has 1 aromatic heterocycles. The van der Waals surface area contributed by atoms with Crippen LogP contribution in [-0.2, 0) is 20.8 Å². The molecule has 0 fully saturated rings. The van der Waals surface area contributed by atoms with E-state index in [0.29, 0.717) is 26.4 Å². The lowest BCUT2D eigenvalue weighted by molar-refractivity contribution is -0.169. The predicted molar refractivity (Wildman–Crippen MR) is 68.3 cm³/mol. The molecule has 0 aliphatic rings. The molecule has 0 aliphatic carbocycles. The van der Waals surface area contributed by atoms with E-state index in [4.69, 9.17) is 14.2 Å². The van der Waals surface area contributed by atoms with E-state index in [1.807, 2.05) is 27.7 Å². The maximum absolute atomic E-state index is 5.60. The highest BCUT2D eigenvalue weighted by atomic mass is 32.1. The minimum Gasteiger partial charge on any atom is -0.371 e. The van der Waals surface area contributed by atoms with Crippen molar-refractivity contribution in [3.8, 4) is 0 Å². The van der Waals surface area contributed by atoms with Crippen LogP contribution >= 0.6 is 11.3 Å². The number of nitrogens with zero attached hydrogens (tertiary/aromatic N) is 1. The van der Waals surface area contributed by atoms with Crippen molar-refractivity contribution < 1.29 is 14.2 Å². The molecule has 0 spiro atoms. The molecule has 98 valence electrons. The summed E-state index contributed by atoms with van der Waals surface area (Å²) in [5.41, 5.74) is 1.05. The second-order valence-corrected chi connectivity index (χ2v) is 4.88. The maximum atomic E-state index is 5.60. The summed E-state index contributed by atoms with van der Waals surface area (Å²) in [5.74, 6) is 0. The van der Waals surface area contributed by atoms with Gasteiger partial charge in [-0.2, -0.15) is 0 Å². The van der Waals surface area contributed by atoms with E-state index in [-0.39, 0.29) is 6.29 Å². The Morgan fingerprint density at radius 3 is 2.29 bits per heavy atom. The van der Waals surface area contributed by atoms with Gasteiger partial charge in [-0.15, -0.1) is 11.3 Å². The molecule has 0 atom stereocenters. The van der Waals surface area contributed by atoms with Crippen molar-refractivity contribution in [1.29, 1.82) is 0 Å². The van der Waals surface area contributed by atoms with Crippen LogP contribution in [-0.4, -0.2) is 31.1 Å². The van der Waals surface area contributed by atoms with Gasteiger partial charge in [0.05, 0.1) is 28.8 Å². The van der Waals surface area contributed by atoms with Gasteiger partial charge >= 0.3 is 0 Å². The van der Waals surface area contributed by atoms with Gasteiger partial charge in [0.25, 0.3) is 0 Å². The fourth-order valence-electron chi connectivity index (χ4n) is 1.47. The zero-order chi connectivity index (χ0) is 12.7. The molecule has 0 aromatic carbocycles. The molecule has 0 unspecified atom stereocenters. The van der Waals surface area contributed by atoms with Crippen LogP contribution in [0.25, 0.3) is 0 Å². The van der Waals surface area contributed by atoms with Gasteiger partial charge in [-0.25, -0.2) is 4.98 Å². The summed E-state index contributed by atoms with van der Waals surface area (Å²) in [4.78, 5) is 5.53. The third-order valence-corrected chi connectivity index (χ3v) is 3.24. The molecule has 1 aromatic rings. The minimum absolute atomic E-state index is 0.265. The molecular formula is C12H21NO3S. The lowest BCUT2D eigenvalue weighted by atomic mass is 10.4. The number of hydrogen-bond acceptors (Lipinski definition) is 5. The van der Waals surface area contributed by atoms with E-state index in [2.05, 4.69) is 4.98 Å². The number of thiazole rings is 1. The topological polar surface area (TPSA) is 40.6 Å². The molecule has 0 N–H and O–H groups in total. The summed E-state index contributed by atoms with van der Waals surface area (Å²) in [6, 6.07) is 0. The van der Waals surface area contributed by atoms with Crippen LogP contribution in [0.5, 0.6) is 0 Å². The van der Waals surface area contributed by atoms with Crippen LogP contribution in [0.15, 0.2) is 0 Å². The van der Waals surface area contributed by atoms with Gasteiger partial charge in [-0.3, -0.25) is 0 Å². The molecule has 0 saturated heterocycles. The lowest BCUT2D eigenvalue weighted by Crippen LogP contribution is -2.23. The van der Waals surface area contributed by atoms with Gasteiger partial charge in [0.2, 0.25) is 0 Å². The van der Waals surface area contributed by atoms with Crippen molar-refractivity contribution in [3.05, 3.63) is 15.6 Å². The maximum Gasteiger partial charge on any atom is 0.180 e. The average molecular weight is 259 g/mol. The van der Waals surface area contributed by atoms with E-state index in [0.717, 1.165) is 10.7 Å². The van der Waals surface area contributed by atoms with Crippen LogP contribution in [0.3, 0.4) is 0 Å². The lowest BCUT2D eigenvalue weighted by Gasteiger charge is -2.16. The Hall–Kier alpha value is -0.490. The van der Waals surface area contributed by atoms with Crippen molar-refractivity contribution in [1.82, 2.24) is 4.98 Å². The predicted octanol–water partition coefficient (Wildman–Crippen LogP) is 2.68. The fourth-order valence-corrected chi connectivity index (χ4v) is 2.35. The number of aryl methyl sites for hydroxylation is 2. The van der Waals surface area contributed by atoms with E-state index < -0.39 is 0 Å². The second kappa shape index (κ2) is 7.76. The summed E-state index contributed by atoms with van der Waals surface area (Å²) < 4.78 is 16.4. The number of aromatic nitrogens is 1. The van der Waals surface area contributed by atoms with E-state index in [1.54, 1.807) is 11.3 Å². The Labute approximate surface area is 107 Å². The number of ether oxygens (including phenoxy) is 3. The van der Waals surface area contributed by atoms with Crippen molar-refractivity contribution in [2.75, 3.05) is 19.8 Å². The molecule has 4 nitrogen and oxygen atoms in total. The molecule has 1 heterocycles. The average Bonchev–Trinajstić information content (AvgIpc) is 2.58. The van der Waals surface area contributed by atoms with Crippen LogP contribution in [0.1, 0.15) is 29.4 Å². The Kier molecular flexibility index (Phi) is 6.65. The van der Waals surface area contributed by atoms with Gasteiger partial charge in [-0.05, 0) is 27.7 Å². The third-order valence-electron chi connectivity index (χ3n) is 2.19. The minimum atomic E-state index is -0.265. The van der Waals surface area contributed by atoms with Crippen molar-refractivity contribution in [2.24, 2.45) is 0 Å². The molecule has 17 heavy (non-hydrogen) atoms. The molecule has 0 amide bonds. The summed E-state index contributed by atoms with van der Waals surface area (Å²) in [5, 5.41) is 1.08. The molecule has 0 bridgehead atoms. The summed E-state index contributed by atoms with van der Waals surface area (Å²) in [6.07, 6.45) is -0.265. The Balaban J connectivity index is 2.32. The normalized spacial score (nSPS) is 11.4. The highest BCUT2D eigenvalue weighted by molar-refractivity contribution is 7.11. The summed E-state index contributed by atoms with van der Waals surface area (Å²) >= 11 is 1.67. The smallest absolute Gasteiger partial charge is 0.180 e. The fraction of sp³-hybridized carbons (Fsp3) is 0.750. The first-order valence-electron chi connectivity index (χ1n) is 5.91. The first-order chi connectivity index (χ1) is 8.17. The molecule has 0 radical (unpaired) electrons. The highest BCUT2D eigenvalue weighted by Crippen LogP contribution is 2.18. The Morgan fingerprint density at radius 1 is 1.18 bits per heavy atom. The molecule has 1 rings (SSSR count).